The Morgan fingerprint density at radius 2 is 2.08 bits per heavy atom. The highest BCUT2D eigenvalue weighted by molar-refractivity contribution is 5.85. The van der Waals surface area contributed by atoms with Crippen LogP contribution in [0.2, 0.25) is 0 Å². The lowest BCUT2D eigenvalue weighted by atomic mass is 9.93. The van der Waals surface area contributed by atoms with Crippen molar-refractivity contribution in [3.8, 4) is 0 Å². The topological polar surface area (TPSA) is 146 Å². The monoisotopic (exact) mass is 359 g/mol. The summed E-state index contributed by atoms with van der Waals surface area (Å²) >= 11 is 0. The smallest absolute Gasteiger partial charge is 0.370 e. The number of hydrogen-bond acceptors (Lipinski definition) is 7. The molecule has 5 N–H and O–H groups in total. The van der Waals surface area contributed by atoms with E-state index >= 15 is 0 Å². The molecule has 0 aromatic heterocycles. The van der Waals surface area contributed by atoms with Crippen LogP contribution in [0.25, 0.3) is 0 Å². The van der Waals surface area contributed by atoms with Gasteiger partial charge in [0.1, 0.15) is 18.3 Å². The maximum absolute atomic E-state index is 12.1. The minimum Gasteiger partial charge on any atom is -0.478 e. The van der Waals surface area contributed by atoms with Crippen molar-refractivity contribution in [1.82, 2.24) is 5.32 Å². The van der Waals surface area contributed by atoms with Crippen LogP contribution in [0.1, 0.15) is 13.8 Å². The first-order valence-corrected chi connectivity index (χ1v) is 7.84. The molecule has 25 heavy (non-hydrogen) atoms. The van der Waals surface area contributed by atoms with Gasteiger partial charge in [-0.1, -0.05) is 19.9 Å². The number of nitrogens with one attached hydrogen (secondary N) is 1. The van der Waals surface area contributed by atoms with Crippen LogP contribution in [-0.4, -0.2) is 76.0 Å². The zero-order chi connectivity index (χ0) is 19.1. The Morgan fingerprint density at radius 1 is 1.44 bits per heavy atom. The molecule has 1 heterocycles. The second kappa shape index (κ2) is 9.52. The van der Waals surface area contributed by atoms with Crippen LogP contribution in [0.15, 0.2) is 24.5 Å². The van der Waals surface area contributed by atoms with Crippen molar-refractivity contribution in [2.75, 3.05) is 13.2 Å². The molecule has 0 aromatic rings. The van der Waals surface area contributed by atoms with E-state index in [1.54, 1.807) is 13.8 Å². The molecule has 1 aliphatic heterocycles. The molecule has 1 rings (SSSR count). The van der Waals surface area contributed by atoms with Gasteiger partial charge < -0.3 is 35.2 Å². The van der Waals surface area contributed by atoms with E-state index in [0.717, 1.165) is 0 Å². The molecule has 0 radical (unpaired) electrons. The molecule has 0 saturated carbocycles. The Hall–Kier alpha value is -1.94. The van der Waals surface area contributed by atoms with E-state index in [1.807, 2.05) is 0 Å². The number of aliphatic carboxylic acids is 1. The number of ether oxygens (including phenoxy) is 2. The molecule has 9 nitrogen and oxygen atoms in total. The molecule has 0 unspecified atom stereocenters. The van der Waals surface area contributed by atoms with Gasteiger partial charge in [0.2, 0.25) is 11.7 Å². The van der Waals surface area contributed by atoms with Crippen molar-refractivity contribution >= 4 is 11.9 Å². The number of carbonyl (C=O) groups excluding carboxylic acids is 1. The third-order valence-corrected chi connectivity index (χ3v) is 3.66. The summed E-state index contributed by atoms with van der Waals surface area (Å²) in [7, 11) is 0. The van der Waals surface area contributed by atoms with E-state index in [2.05, 4.69) is 11.9 Å². The fraction of sp³-hybridized carbons (Fsp3) is 0.625. The van der Waals surface area contributed by atoms with Crippen LogP contribution in [0.5, 0.6) is 0 Å². The summed E-state index contributed by atoms with van der Waals surface area (Å²) in [4.78, 5) is 23.3. The molecule has 0 bridgehead atoms. The van der Waals surface area contributed by atoms with E-state index in [-0.39, 0.29) is 18.4 Å². The second-order valence-corrected chi connectivity index (χ2v) is 5.93. The van der Waals surface area contributed by atoms with Gasteiger partial charge in [0.15, 0.2) is 6.10 Å². The fourth-order valence-corrected chi connectivity index (χ4v) is 2.26. The number of amides is 1. The van der Waals surface area contributed by atoms with Gasteiger partial charge in [-0.25, -0.2) is 4.79 Å². The van der Waals surface area contributed by atoms with Gasteiger partial charge >= 0.3 is 5.97 Å². The largest absolute Gasteiger partial charge is 0.478 e. The molecule has 0 saturated heterocycles. The molecular formula is C16H25NO8. The second-order valence-electron chi connectivity index (χ2n) is 5.93. The van der Waals surface area contributed by atoms with Crippen molar-refractivity contribution in [2.24, 2.45) is 5.92 Å². The Balaban J connectivity index is 3.21. The number of carboxylic acid groups (broad SMARTS) is 1. The Bertz CT molecular complexity index is 518. The predicted molar refractivity (Wildman–Crippen MR) is 86.4 cm³/mol. The summed E-state index contributed by atoms with van der Waals surface area (Å²) in [6.07, 6.45) is -2.90. The van der Waals surface area contributed by atoms with Gasteiger partial charge in [-0.2, -0.15) is 0 Å². The fourth-order valence-electron chi connectivity index (χ4n) is 2.26. The van der Waals surface area contributed by atoms with Gasteiger partial charge in [-0.3, -0.25) is 4.79 Å². The summed E-state index contributed by atoms with van der Waals surface area (Å²) < 4.78 is 10.7. The first kappa shape index (κ1) is 21.1. The lowest BCUT2D eigenvalue weighted by Crippen LogP contribution is -2.61. The standard InChI is InChI=1S/C16H25NO8/c1-4-5-24-10-6-11(16(22)23)25-14(13(20)9(19)7-18)12(10)17-15(21)8(2)3/h4,6,8-10,12-14,18-20H,1,5,7H2,2-3H3,(H,17,21)(H,22,23)/t9-,10-,12-,13-,14-/m1/s1. The number of aliphatic hydroxyl groups excluding tert-OH is 3. The quantitative estimate of drug-likeness (QED) is 0.322. The number of hydrogen-bond donors (Lipinski definition) is 5. The average Bonchev–Trinajstić information content (AvgIpc) is 2.58. The zero-order valence-corrected chi connectivity index (χ0v) is 14.2. The van der Waals surface area contributed by atoms with Gasteiger partial charge in [0, 0.05) is 5.92 Å². The van der Waals surface area contributed by atoms with Crippen LogP contribution in [-0.2, 0) is 19.1 Å². The van der Waals surface area contributed by atoms with Gasteiger partial charge in [0.25, 0.3) is 0 Å². The van der Waals surface area contributed by atoms with Crippen LogP contribution in [0, 0.1) is 5.92 Å². The summed E-state index contributed by atoms with van der Waals surface area (Å²) in [6.45, 7) is 6.12. The van der Waals surface area contributed by atoms with Gasteiger partial charge in [-0.05, 0) is 6.08 Å². The minimum absolute atomic E-state index is 0.0630. The maximum Gasteiger partial charge on any atom is 0.370 e. The average molecular weight is 359 g/mol. The highest BCUT2D eigenvalue weighted by Gasteiger charge is 2.44. The van der Waals surface area contributed by atoms with Crippen LogP contribution in [0.4, 0.5) is 0 Å². The van der Waals surface area contributed by atoms with Crippen LogP contribution >= 0.6 is 0 Å². The number of carboxylic acids is 1. The molecular weight excluding hydrogens is 334 g/mol. The summed E-state index contributed by atoms with van der Waals surface area (Å²) in [5, 5.41) is 40.8. The molecule has 0 aliphatic carbocycles. The SMILES string of the molecule is C=CCO[C@@H]1C=C(C(=O)O)O[C@@H]([C@H](O)[C@H](O)CO)[C@@H]1NC(=O)C(C)C. The van der Waals surface area contributed by atoms with E-state index in [0.29, 0.717) is 0 Å². The predicted octanol–water partition coefficient (Wildman–Crippen LogP) is -1.22. The van der Waals surface area contributed by atoms with Crippen molar-refractivity contribution in [1.29, 1.82) is 0 Å². The molecule has 5 atom stereocenters. The molecule has 0 fully saturated rings. The normalized spacial score (nSPS) is 25.5. The molecule has 142 valence electrons. The number of aliphatic hydroxyl groups is 3. The third-order valence-electron chi connectivity index (χ3n) is 3.66. The van der Waals surface area contributed by atoms with Crippen molar-refractivity contribution in [3.05, 3.63) is 24.5 Å². The lowest BCUT2D eigenvalue weighted by Gasteiger charge is -2.40. The van der Waals surface area contributed by atoms with E-state index in [1.165, 1.54) is 12.2 Å². The Morgan fingerprint density at radius 3 is 2.56 bits per heavy atom. The Kier molecular flexibility index (Phi) is 8.04. The number of rotatable bonds is 9. The number of carbonyl (C=O) groups is 2. The van der Waals surface area contributed by atoms with E-state index < -0.39 is 48.8 Å². The summed E-state index contributed by atoms with van der Waals surface area (Å²) in [5.74, 6) is -2.64. The third kappa shape index (κ3) is 5.53. The highest BCUT2D eigenvalue weighted by atomic mass is 16.5. The van der Waals surface area contributed by atoms with Gasteiger partial charge in [-0.15, -0.1) is 6.58 Å². The zero-order valence-electron chi connectivity index (χ0n) is 14.2. The first-order valence-electron chi connectivity index (χ1n) is 7.84. The molecule has 1 aliphatic rings. The van der Waals surface area contributed by atoms with E-state index in [4.69, 9.17) is 14.6 Å². The Labute approximate surface area is 145 Å². The van der Waals surface area contributed by atoms with Gasteiger partial charge in [0.05, 0.1) is 19.3 Å². The van der Waals surface area contributed by atoms with E-state index in [9.17, 15) is 24.9 Å². The molecule has 1 amide bonds. The van der Waals surface area contributed by atoms with Crippen LogP contribution < -0.4 is 5.32 Å². The lowest BCUT2D eigenvalue weighted by molar-refractivity contribution is -0.151. The molecule has 0 spiro atoms. The van der Waals surface area contributed by atoms with Crippen molar-refractivity contribution < 1.29 is 39.5 Å². The summed E-state index contributed by atoms with van der Waals surface area (Å²) in [5.41, 5.74) is 0. The summed E-state index contributed by atoms with van der Waals surface area (Å²) in [6, 6.07) is -0.978. The van der Waals surface area contributed by atoms with Crippen LogP contribution in [0.3, 0.4) is 0 Å². The highest BCUT2D eigenvalue weighted by Crippen LogP contribution is 2.25. The molecule has 9 heteroatoms. The minimum atomic E-state index is -1.65. The maximum atomic E-state index is 12.1. The van der Waals surface area contributed by atoms with Crippen molar-refractivity contribution in [3.63, 3.8) is 0 Å². The van der Waals surface area contributed by atoms with Crippen molar-refractivity contribution in [2.45, 2.75) is 44.3 Å². The first-order chi connectivity index (χ1) is 11.7. The molecule has 0 aromatic carbocycles.